The summed E-state index contributed by atoms with van der Waals surface area (Å²) in [6.07, 6.45) is 0. The van der Waals surface area contributed by atoms with Gasteiger partial charge in [-0.1, -0.05) is 182 Å². The van der Waals surface area contributed by atoms with Crippen molar-refractivity contribution in [1.82, 2.24) is 19.7 Å². The van der Waals surface area contributed by atoms with Crippen molar-refractivity contribution in [2.24, 2.45) is 0 Å². The molecule has 0 saturated carbocycles. The highest BCUT2D eigenvalue weighted by atomic mass is 15.3. The largest absolute Gasteiger partial charge is 0.232 e. The SMILES string of the molecule is c1ccc(-c2cc(-c3ccc(-c4cccc5c4cc(-c4ccccc4)c4c(-c6ccccc6)nn(-c6ccccc6)c45)cc3)nc(-c3ccccc3)n2)cc1. The number of hydrogen-bond acceptors (Lipinski definition) is 3. The van der Waals surface area contributed by atoms with Crippen LogP contribution in [0.1, 0.15) is 0 Å². The molecule has 10 aromatic rings. The predicted octanol–water partition coefficient (Wildman–Crippen LogP) is 13.0. The molecule has 0 unspecified atom stereocenters. The zero-order chi connectivity index (χ0) is 36.6. The highest BCUT2D eigenvalue weighted by molar-refractivity contribution is 6.19. The Bertz CT molecular complexity index is 2870. The van der Waals surface area contributed by atoms with Gasteiger partial charge in [0, 0.05) is 33.0 Å². The first-order valence-corrected chi connectivity index (χ1v) is 18.5. The molecule has 0 fully saturated rings. The van der Waals surface area contributed by atoms with E-state index in [-0.39, 0.29) is 0 Å². The van der Waals surface area contributed by atoms with Crippen molar-refractivity contribution in [3.05, 3.63) is 206 Å². The van der Waals surface area contributed by atoms with Crippen LogP contribution >= 0.6 is 0 Å². The van der Waals surface area contributed by atoms with E-state index in [2.05, 4.69) is 175 Å². The lowest BCUT2D eigenvalue weighted by Crippen LogP contribution is -1.97. The molecule has 258 valence electrons. The van der Waals surface area contributed by atoms with Gasteiger partial charge in [0.1, 0.15) is 5.69 Å². The Morgan fingerprint density at radius 2 is 0.836 bits per heavy atom. The van der Waals surface area contributed by atoms with Crippen LogP contribution in [-0.4, -0.2) is 19.7 Å². The zero-order valence-corrected chi connectivity index (χ0v) is 29.9. The van der Waals surface area contributed by atoms with Crippen molar-refractivity contribution in [3.63, 3.8) is 0 Å². The lowest BCUT2D eigenvalue weighted by molar-refractivity contribution is 0.918. The normalized spacial score (nSPS) is 11.3. The summed E-state index contributed by atoms with van der Waals surface area (Å²) < 4.78 is 2.13. The van der Waals surface area contributed by atoms with Gasteiger partial charge in [0.15, 0.2) is 5.82 Å². The van der Waals surface area contributed by atoms with Crippen molar-refractivity contribution in [2.45, 2.75) is 0 Å². The molecule has 10 rings (SSSR count). The van der Waals surface area contributed by atoms with Crippen molar-refractivity contribution in [2.75, 3.05) is 0 Å². The minimum absolute atomic E-state index is 0.706. The van der Waals surface area contributed by atoms with E-state index in [9.17, 15) is 0 Å². The Balaban J connectivity index is 1.17. The first-order valence-electron chi connectivity index (χ1n) is 18.5. The second kappa shape index (κ2) is 13.8. The van der Waals surface area contributed by atoms with Crippen LogP contribution in [0.4, 0.5) is 0 Å². The van der Waals surface area contributed by atoms with E-state index in [4.69, 9.17) is 15.1 Å². The zero-order valence-electron chi connectivity index (χ0n) is 29.9. The molecule has 0 atom stereocenters. The number of rotatable bonds is 7. The molecule has 0 aliphatic heterocycles. The van der Waals surface area contributed by atoms with E-state index >= 15 is 0 Å². The molecule has 8 aromatic carbocycles. The van der Waals surface area contributed by atoms with E-state index in [1.54, 1.807) is 0 Å². The molecule has 0 amide bonds. The number of nitrogens with zero attached hydrogens (tertiary/aromatic N) is 4. The molecule has 0 aliphatic carbocycles. The third kappa shape index (κ3) is 5.96. The summed E-state index contributed by atoms with van der Waals surface area (Å²) in [6.45, 7) is 0. The molecular formula is C51H34N4. The molecule has 2 aromatic heterocycles. The molecule has 0 bridgehead atoms. The summed E-state index contributed by atoms with van der Waals surface area (Å²) in [5.41, 5.74) is 13.6. The van der Waals surface area contributed by atoms with Crippen molar-refractivity contribution >= 4 is 21.7 Å². The van der Waals surface area contributed by atoms with Gasteiger partial charge in [-0.05, 0) is 51.9 Å². The predicted molar refractivity (Wildman–Crippen MR) is 227 cm³/mol. The van der Waals surface area contributed by atoms with Crippen LogP contribution in [0.15, 0.2) is 206 Å². The summed E-state index contributed by atoms with van der Waals surface area (Å²) in [5, 5.41) is 8.82. The number of fused-ring (bicyclic) bond motifs is 3. The average Bonchev–Trinajstić information content (AvgIpc) is 3.69. The molecule has 2 heterocycles. The quantitative estimate of drug-likeness (QED) is 0.166. The number of benzene rings is 8. The maximum atomic E-state index is 5.38. The van der Waals surface area contributed by atoms with Gasteiger partial charge >= 0.3 is 0 Å². The Morgan fingerprint density at radius 3 is 1.45 bits per heavy atom. The monoisotopic (exact) mass is 702 g/mol. The van der Waals surface area contributed by atoms with Gasteiger partial charge < -0.3 is 0 Å². The number of hydrogen-bond donors (Lipinski definition) is 0. The topological polar surface area (TPSA) is 43.6 Å². The molecule has 0 aliphatic rings. The fourth-order valence-corrected chi connectivity index (χ4v) is 7.61. The van der Waals surface area contributed by atoms with Crippen LogP contribution in [0.5, 0.6) is 0 Å². The first-order chi connectivity index (χ1) is 27.3. The number of para-hydroxylation sites is 1. The van der Waals surface area contributed by atoms with E-state index in [1.807, 2.05) is 36.4 Å². The van der Waals surface area contributed by atoms with E-state index in [0.29, 0.717) is 5.82 Å². The van der Waals surface area contributed by atoms with Gasteiger partial charge in [-0.3, -0.25) is 0 Å². The van der Waals surface area contributed by atoms with Crippen LogP contribution < -0.4 is 0 Å². The van der Waals surface area contributed by atoms with E-state index in [1.165, 1.54) is 0 Å². The van der Waals surface area contributed by atoms with Crippen molar-refractivity contribution in [1.29, 1.82) is 0 Å². The highest BCUT2D eigenvalue weighted by Crippen LogP contribution is 2.44. The number of aromatic nitrogens is 4. The van der Waals surface area contributed by atoms with Gasteiger partial charge in [0.2, 0.25) is 0 Å². The summed E-state index contributed by atoms with van der Waals surface area (Å²) in [7, 11) is 0. The van der Waals surface area contributed by atoms with Crippen LogP contribution in [0, 0.1) is 0 Å². The molecular weight excluding hydrogens is 669 g/mol. The fraction of sp³-hybridized carbons (Fsp3) is 0. The smallest absolute Gasteiger partial charge is 0.160 e. The summed E-state index contributed by atoms with van der Waals surface area (Å²) in [5.74, 6) is 0.706. The standard InChI is InChI=1S/C51H34N4/c1-6-17-35(18-7-1)44-33-45-42(27-16-28-43(45)50-48(44)49(39-21-10-3-11-22-39)54-55(50)41-25-14-5-15-26-41)36-29-31-38(32-30-36)47-34-46(37-19-8-2-9-20-37)52-51(53-47)40-23-12-4-13-24-40/h1-34H. The van der Waals surface area contributed by atoms with Gasteiger partial charge in [-0.2, -0.15) is 5.10 Å². The maximum Gasteiger partial charge on any atom is 0.160 e. The third-order valence-corrected chi connectivity index (χ3v) is 10.3. The van der Waals surface area contributed by atoms with Gasteiger partial charge in [-0.15, -0.1) is 0 Å². The second-order valence-corrected chi connectivity index (χ2v) is 13.6. The molecule has 0 radical (unpaired) electrons. The molecule has 4 nitrogen and oxygen atoms in total. The van der Waals surface area contributed by atoms with Crippen LogP contribution in [0.25, 0.3) is 94.8 Å². The Hall–Kier alpha value is -7.43. The van der Waals surface area contributed by atoms with Crippen LogP contribution in [0.2, 0.25) is 0 Å². The minimum atomic E-state index is 0.706. The Labute approximate surface area is 319 Å². The minimum Gasteiger partial charge on any atom is -0.232 e. The molecule has 55 heavy (non-hydrogen) atoms. The van der Waals surface area contributed by atoms with Crippen molar-refractivity contribution in [3.8, 4) is 73.1 Å². The summed E-state index contributed by atoms with van der Waals surface area (Å²) in [4.78, 5) is 10.1. The first kappa shape index (κ1) is 32.2. The van der Waals surface area contributed by atoms with Gasteiger partial charge in [0.05, 0.1) is 22.6 Å². The maximum absolute atomic E-state index is 5.38. The van der Waals surface area contributed by atoms with Crippen molar-refractivity contribution < 1.29 is 0 Å². The molecule has 4 heteroatoms. The lowest BCUT2D eigenvalue weighted by atomic mass is 9.90. The van der Waals surface area contributed by atoms with Crippen LogP contribution in [0.3, 0.4) is 0 Å². The van der Waals surface area contributed by atoms with Crippen LogP contribution in [-0.2, 0) is 0 Å². The Kier molecular flexibility index (Phi) is 8.12. The van der Waals surface area contributed by atoms with E-state index in [0.717, 1.165) is 89.0 Å². The Morgan fingerprint density at radius 1 is 0.345 bits per heavy atom. The summed E-state index contributed by atoms with van der Waals surface area (Å²) >= 11 is 0. The van der Waals surface area contributed by atoms with E-state index < -0.39 is 0 Å². The van der Waals surface area contributed by atoms with Gasteiger partial charge in [-0.25, -0.2) is 14.6 Å². The summed E-state index contributed by atoms with van der Waals surface area (Å²) in [6, 6.07) is 72.0. The molecule has 0 spiro atoms. The molecule has 0 N–H and O–H groups in total. The molecule has 0 saturated heterocycles. The highest BCUT2D eigenvalue weighted by Gasteiger charge is 2.22. The fourth-order valence-electron chi connectivity index (χ4n) is 7.61. The van der Waals surface area contributed by atoms with Gasteiger partial charge in [0.25, 0.3) is 0 Å². The second-order valence-electron chi connectivity index (χ2n) is 13.6. The average molecular weight is 703 g/mol. The lowest BCUT2D eigenvalue weighted by Gasteiger charge is -2.14. The third-order valence-electron chi connectivity index (χ3n) is 10.3.